The minimum atomic E-state index is -3.36. The summed E-state index contributed by atoms with van der Waals surface area (Å²) >= 11 is 0. The molecule has 0 bridgehead atoms. The van der Waals surface area contributed by atoms with Crippen LogP contribution >= 0.6 is 0 Å². The molecule has 0 amide bonds. The van der Waals surface area contributed by atoms with E-state index in [-0.39, 0.29) is 24.4 Å². The van der Waals surface area contributed by atoms with Crippen molar-refractivity contribution in [3.8, 4) is 0 Å². The molecule has 9 nitrogen and oxygen atoms in total. The Bertz CT molecular complexity index is 741. The first-order chi connectivity index (χ1) is 14.6. The van der Waals surface area contributed by atoms with Crippen molar-refractivity contribution in [1.82, 2.24) is 20.3 Å². The van der Waals surface area contributed by atoms with E-state index in [4.69, 9.17) is 9.15 Å². The van der Waals surface area contributed by atoms with Crippen molar-refractivity contribution in [2.75, 3.05) is 52.1 Å². The first kappa shape index (κ1) is 23.1. The molecule has 1 aromatic heterocycles. The molecule has 2 atom stereocenters. The monoisotopic (exact) mass is 441 g/mol. The van der Waals surface area contributed by atoms with E-state index in [2.05, 4.69) is 25.2 Å². The van der Waals surface area contributed by atoms with Gasteiger partial charge >= 0.3 is 0 Å². The number of ether oxygens (including phenoxy) is 1. The Morgan fingerprint density at radius 3 is 2.77 bits per heavy atom. The summed E-state index contributed by atoms with van der Waals surface area (Å²) in [5.74, 6) is 1.49. The molecule has 170 valence electrons. The summed E-state index contributed by atoms with van der Waals surface area (Å²) in [5, 5.41) is 6.40. The zero-order valence-electron chi connectivity index (χ0n) is 17.8. The maximum Gasteiger partial charge on any atom is 0.213 e. The Morgan fingerprint density at radius 2 is 2.10 bits per heavy atom. The van der Waals surface area contributed by atoms with Gasteiger partial charge in [0, 0.05) is 33.3 Å². The van der Waals surface area contributed by atoms with Gasteiger partial charge in [-0.3, -0.25) is 9.89 Å². The van der Waals surface area contributed by atoms with E-state index in [1.807, 2.05) is 12.1 Å². The maximum absolute atomic E-state index is 12.3. The van der Waals surface area contributed by atoms with Crippen LogP contribution in [0, 0.1) is 0 Å². The molecule has 10 heteroatoms. The highest BCUT2D eigenvalue weighted by atomic mass is 32.2. The van der Waals surface area contributed by atoms with Gasteiger partial charge in [0.05, 0.1) is 24.2 Å². The van der Waals surface area contributed by atoms with E-state index in [9.17, 15) is 8.42 Å². The second-order valence-electron chi connectivity index (χ2n) is 7.81. The number of hydrogen-bond acceptors (Lipinski definition) is 6. The predicted molar refractivity (Wildman–Crippen MR) is 117 cm³/mol. The average Bonchev–Trinajstić information content (AvgIpc) is 3.47. The normalized spacial score (nSPS) is 22.2. The van der Waals surface area contributed by atoms with Crippen molar-refractivity contribution < 1.29 is 17.6 Å². The Labute approximate surface area is 179 Å². The smallest absolute Gasteiger partial charge is 0.213 e. The molecular weight excluding hydrogens is 406 g/mol. The van der Waals surface area contributed by atoms with Gasteiger partial charge in [0.2, 0.25) is 10.0 Å². The van der Waals surface area contributed by atoms with E-state index in [0.29, 0.717) is 25.7 Å². The Kier molecular flexibility index (Phi) is 8.98. The third kappa shape index (κ3) is 7.26. The molecule has 2 saturated heterocycles. The molecule has 0 aromatic carbocycles. The van der Waals surface area contributed by atoms with Gasteiger partial charge < -0.3 is 19.8 Å². The van der Waals surface area contributed by atoms with Crippen LogP contribution < -0.4 is 15.4 Å². The van der Waals surface area contributed by atoms with Crippen LogP contribution in [0.15, 0.2) is 27.8 Å². The van der Waals surface area contributed by atoms with Crippen LogP contribution in [0.5, 0.6) is 0 Å². The van der Waals surface area contributed by atoms with Crippen molar-refractivity contribution in [3.05, 3.63) is 24.2 Å². The first-order valence-corrected chi connectivity index (χ1v) is 12.5. The molecule has 1 aromatic rings. The summed E-state index contributed by atoms with van der Waals surface area (Å²) in [7, 11) is -1.68. The summed E-state index contributed by atoms with van der Waals surface area (Å²) in [4.78, 5) is 6.62. The van der Waals surface area contributed by atoms with Crippen molar-refractivity contribution >= 4 is 16.0 Å². The summed E-state index contributed by atoms with van der Waals surface area (Å²) in [5.41, 5.74) is 0. The SMILES string of the molecule is CN=C(NCCS(=O)(=O)NCC1CCCCO1)NCC(c1ccco1)N1CCCC1. The molecule has 2 aliphatic heterocycles. The van der Waals surface area contributed by atoms with Crippen molar-refractivity contribution in [2.45, 2.75) is 44.2 Å². The fourth-order valence-corrected chi connectivity index (χ4v) is 4.88. The van der Waals surface area contributed by atoms with Crippen molar-refractivity contribution in [2.24, 2.45) is 4.99 Å². The fourth-order valence-electron chi connectivity index (χ4n) is 3.92. The molecule has 0 aliphatic carbocycles. The van der Waals surface area contributed by atoms with E-state index < -0.39 is 10.0 Å². The van der Waals surface area contributed by atoms with Crippen LogP contribution in [-0.4, -0.2) is 77.5 Å². The topological polar surface area (TPSA) is 108 Å². The lowest BCUT2D eigenvalue weighted by Crippen LogP contribution is -2.45. The molecule has 2 aliphatic rings. The standard InChI is InChI=1S/C20H35N5O4S/c1-21-20(22-9-14-30(26,27)24-15-17-7-2-5-12-28-17)23-16-18(19-8-6-13-29-19)25-10-3-4-11-25/h6,8,13,17-18,24H,2-5,7,9-12,14-16H2,1H3,(H2,21,22,23). The number of likely N-dealkylation sites (tertiary alicyclic amines) is 1. The summed E-state index contributed by atoms with van der Waals surface area (Å²) < 4.78 is 38.4. The summed E-state index contributed by atoms with van der Waals surface area (Å²) in [6, 6.07) is 4.03. The Morgan fingerprint density at radius 1 is 1.27 bits per heavy atom. The Balaban J connectivity index is 1.41. The number of aliphatic imine (C=N–C) groups is 1. The number of hydrogen-bond donors (Lipinski definition) is 3. The highest BCUT2D eigenvalue weighted by Crippen LogP contribution is 2.24. The van der Waals surface area contributed by atoms with E-state index in [1.54, 1.807) is 13.3 Å². The van der Waals surface area contributed by atoms with Crippen LogP contribution in [-0.2, 0) is 14.8 Å². The molecule has 2 unspecified atom stereocenters. The van der Waals surface area contributed by atoms with Crippen LogP contribution in [0.25, 0.3) is 0 Å². The molecule has 0 saturated carbocycles. The van der Waals surface area contributed by atoms with Gasteiger partial charge in [-0.1, -0.05) is 0 Å². The van der Waals surface area contributed by atoms with Crippen LogP contribution in [0.3, 0.4) is 0 Å². The van der Waals surface area contributed by atoms with Gasteiger partial charge in [0.25, 0.3) is 0 Å². The molecular formula is C20H35N5O4S. The third-order valence-electron chi connectivity index (χ3n) is 5.61. The van der Waals surface area contributed by atoms with E-state index in [1.165, 1.54) is 12.8 Å². The van der Waals surface area contributed by atoms with Gasteiger partial charge in [-0.2, -0.15) is 0 Å². The van der Waals surface area contributed by atoms with Gasteiger partial charge in [0.1, 0.15) is 5.76 Å². The number of nitrogens with one attached hydrogen (secondary N) is 3. The second kappa shape index (κ2) is 11.7. The number of furan rings is 1. The maximum atomic E-state index is 12.3. The number of guanidine groups is 1. The van der Waals surface area contributed by atoms with Crippen molar-refractivity contribution in [1.29, 1.82) is 0 Å². The third-order valence-corrected chi connectivity index (χ3v) is 6.96. The van der Waals surface area contributed by atoms with Gasteiger partial charge in [-0.05, 0) is 57.3 Å². The predicted octanol–water partition coefficient (Wildman–Crippen LogP) is 1.07. The minimum absolute atomic E-state index is 0.0139. The second-order valence-corrected chi connectivity index (χ2v) is 9.74. The summed E-state index contributed by atoms with van der Waals surface area (Å²) in [6.07, 6.45) is 7.12. The van der Waals surface area contributed by atoms with Crippen LogP contribution in [0.4, 0.5) is 0 Å². The van der Waals surface area contributed by atoms with Crippen LogP contribution in [0.1, 0.15) is 43.9 Å². The molecule has 2 fully saturated rings. The highest BCUT2D eigenvalue weighted by molar-refractivity contribution is 7.89. The minimum Gasteiger partial charge on any atom is -0.468 e. The molecule has 0 radical (unpaired) electrons. The molecule has 3 N–H and O–H groups in total. The highest BCUT2D eigenvalue weighted by Gasteiger charge is 2.25. The average molecular weight is 442 g/mol. The van der Waals surface area contributed by atoms with E-state index >= 15 is 0 Å². The summed E-state index contributed by atoms with van der Waals surface area (Å²) in [6.45, 7) is 4.07. The molecule has 30 heavy (non-hydrogen) atoms. The van der Waals surface area contributed by atoms with Gasteiger partial charge in [0.15, 0.2) is 5.96 Å². The lowest BCUT2D eigenvalue weighted by atomic mass is 10.1. The molecule has 0 spiro atoms. The molecule has 3 heterocycles. The zero-order valence-corrected chi connectivity index (χ0v) is 18.6. The fraction of sp³-hybridized carbons (Fsp3) is 0.750. The van der Waals surface area contributed by atoms with Crippen molar-refractivity contribution in [3.63, 3.8) is 0 Å². The van der Waals surface area contributed by atoms with E-state index in [0.717, 1.165) is 38.1 Å². The lowest BCUT2D eigenvalue weighted by Gasteiger charge is -2.26. The molecule has 3 rings (SSSR count). The lowest BCUT2D eigenvalue weighted by molar-refractivity contribution is 0.0200. The van der Waals surface area contributed by atoms with Gasteiger partial charge in [-0.15, -0.1) is 0 Å². The largest absolute Gasteiger partial charge is 0.468 e. The number of sulfonamides is 1. The zero-order chi connectivity index (χ0) is 21.2. The Hall–Kier alpha value is -1.62. The van der Waals surface area contributed by atoms with Crippen LogP contribution in [0.2, 0.25) is 0 Å². The number of nitrogens with zero attached hydrogens (tertiary/aromatic N) is 2. The quantitative estimate of drug-likeness (QED) is 0.368. The number of rotatable bonds is 10. The van der Waals surface area contributed by atoms with Gasteiger partial charge in [-0.25, -0.2) is 13.1 Å². The first-order valence-electron chi connectivity index (χ1n) is 10.9.